The summed E-state index contributed by atoms with van der Waals surface area (Å²) in [6.07, 6.45) is 4.91. The highest BCUT2D eigenvalue weighted by Gasteiger charge is 2.34. The summed E-state index contributed by atoms with van der Waals surface area (Å²) < 4.78 is 31.4. The number of benzene rings is 2. The second-order valence-electron chi connectivity index (χ2n) is 6.56. The number of nitrogens with zero attached hydrogens (tertiary/aromatic N) is 4. The lowest BCUT2D eigenvalue weighted by atomic mass is 9.98. The minimum atomic E-state index is -3.53. The summed E-state index contributed by atoms with van der Waals surface area (Å²) in [7, 11) is -3.53. The van der Waals surface area contributed by atoms with Gasteiger partial charge in [0.15, 0.2) is 0 Å². The monoisotopic (exact) mass is 396 g/mol. The first-order chi connectivity index (χ1) is 13.5. The van der Waals surface area contributed by atoms with Gasteiger partial charge in [-0.15, -0.1) is 0 Å². The summed E-state index contributed by atoms with van der Waals surface area (Å²) in [6, 6.07) is 12.7. The molecule has 3 aromatic rings. The van der Waals surface area contributed by atoms with Gasteiger partial charge in [0.1, 0.15) is 5.75 Å². The van der Waals surface area contributed by atoms with Crippen molar-refractivity contribution in [2.75, 3.05) is 12.9 Å². The second-order valence-corrected chi connectivity index (χ2v) is 8.40. The molecule has 0 fully saturated rings. The SMILES string of the molecule is CCOc1ccc(C2=NN(S(C)(=O)=O)C(c3ccc4nccnc4c3)C2)cc1. The zero-order chi connectivity index (χ0) is 19.7. The molecule has 2 aromatic carbocycles. The number of sulfonamides is 1. The molecule has 0 saturated carbocycles. The van der Waals surface area contributed by atoms with E-state index in [1.165, 1.54) is 10.7 Å². The van der Waals surface area contributed by atoms with Crippen LogP contribution in [0, 0.1) is 0 Å². The molecular weight excluding hydrogens is 376 g/mol. The molecule has 1 aliphatic heterocycles. The molecule has 8 heteroatoms. The van der Waals surface area contributed by atoms with Crippen LogP contribution in [0.2, 0.25) is 0 Å². The maximum atomic E-state index is 12.4. The summed E-state index contributed by atoms with van der Waals surface area (Å²) in [4.78, 5) is 8.59. The Kier molecular flexibility index (Phi) is 4.72. The van der Waals surface area contributed by atoms with Crippen molar-refractivity contribution in [3.05, 3.63) is 66.0 Å². The van der Waals surface area contributed by atoms with Crippen LogP contribution in [0.4, 0.5) is 0 Å². The molecule has 2 heterocycles. The van der Waals surface area contributed by atoms with E-state index in [1.807, 2.05) is 49.4 Å². The van der Waals surface area contributed by atoms with Crippen molar-refractivity contribution in [3.63, 3.8) is 0 Å². The predicted molar refractivity (Wildman–Crippen MR) is 108 cm³/mol. The Morgan fingerprint density at radius 3 is 2.46 bits per heavy atom. The number of hydrogen-bond acceptors (Lipinski definition) is 6. The Balaban J connectivity index is 1.70. The summed E-state index contributed by atoms with van der Waals surface area (Å²) in [5, 5.41) is 4.43. The van der Waals surface area contributed by atoms with E-state index in [0.717, 1.165) is 33.6 Å². The summed E-state index contributed by atoms with van der Waals surface area (Å²) in [6.45, 7) is 2.52. The zero-order valence-corrected chi connectivity index (χ0v) is 16.4. The average Bonchev–Trinajstić information content (AvgIpc) is 3.14. The molecule has 28 heavy (non-hydrogen) atoms. The number of rotatable bonds is 5. The van der Waals surface area contributed by atoms with Crippen LogP contribution in [0.25, 0.3) is 11.0 Å². The normalized spacial score (nSPS) is 17.0. The van der Waals surface area contributed by atoms with Crippen molar-refractivity contribution < 1.29 is 13.2 Å². The Hall–Kier alpha value is -3.00. The number of aromatic nitrogens is 2. The maximum Gasteiger partial charge on any atom is 0.247 e. The highest BCUT2D eigenvalue weighted by molar-refractivity contribution is 7.88. The van der Waals surface area contributed by atoms with E-state index in [9.17, 15) is 8.42 Å². The predicted octanol–water partition coefficient (Wildman–Crippen LogP) is 3.14. The van der Waals surface area contributed by atoms with Gasteiger partial charge in [0.2, 0.25) is 10.0 Å². The number of fused-ring (bicyclic) bond motifs is 1. The van der Waals surface area contributed by atoms with Crippen LogP contribution < -0.4 is 4.74 Å². The van der Waals surface area contributed by atoms with E-state index in [1.54, 1.807) is 12.4 Å². The smallest absolute Gasteiger partial charge is 0.247 e. The van der Waals surface area contributed by atoms with Gasteiger partial charge < -0.3 is 4.74 Å². The molecule has 1 atom stereocenters. The molecule has 4 rings (SSSR count). The largest absolute Gasteiger partial charge is 0.494 e. The van der Waals surface area contributed by atoms with E-state index < -0.39 is 16.1 Å². The third-order valence-electron chi connectivity index (χ3n) is 4.59. The second kappa shape index (κ2) is 7.20. The Morgan fingerprint density at radius 2 is 1.79 bits per heavy atom. The van der Waals surface area contributed by atoms with E-state index in [4.69, 9.17) is 4.74 Å². The van der Waals surface area contributed by atoms with Crippen LogP contribution >= 0.6 is 0 Å². The quantitative estimate of drug-likeness (QED) is 0.661. The number of ether oxygens (including phenoxy) is 1. The highest BCUT2D eigenvalue weighted by atomic mass is 32.2. The first-order valence-corrected chi connectivity index (χ1v) is 10.8. The van der Waals surface area contributed by atoms with E-state index in [0.29, 0.717) is 13.0 Å². The van der Waals surface area contributed by atoms with Gasteiger partial charge in [-0.05, 0) is 54.4 Å². The van der Waals surface area contributed by atoms with Crippen LogP contribution in [0.3, 0.4) is 0 Å². The Bertz CT molecular complexity index is 1140. The standard InChI is InChI=1S/C20H20N4O3S/c1-3-27-16-7-4-14(5-8-16)18-13-20(24(23-18)28(2,25)26)15-6-9-17-19(12-15)22-11-10-21-17/h4-12,20H,3,13H2,1-2H3. The molecule has 1 unspecified atom stereocenters. The minimum Gasteiger partial charge on any atom is -0.494 e. The summed E-state index contributed by atoms with van der Waals surface area (Å²) >= 11 is 0. The van der Waals surface area contributed by atoms with Gasteiger partial charge in [0.05, 0.1) is 35.6 Å². The van der Waals surface area contributed by atoms with Crippen LogP contribution in [0.15, 0.2) is 60.0 Å². The van der Waals surface area contributed by atoms with Crippen LogP contribution in [-0.4, -0.2) is 41.4 Å². The lowest BCUT2D eigenvalue weighted by Gasteiger charge is -2.21. The fourth-order valence-corrected chi connectivity index (χ4v) is 4.22. The van der Waals surface area contributed by atoms with Gasteiger partial charge in [0.25, 0.3) is 0 Å². The van der Waals surface area contributed by atoms with Gasteiger partial charge in [-0.25, -0.2) is 8.42 Å². The topological polar surface area (TPSA) is 84.8 Å². The molecule has 0 spiro atoms. The minimum absolute atomic E-state index is 0.414. The third kappa shape index (κ3) is 3.55. The molecule has 7 nitrogen and oxygen atoms in total. The molecule has 1 aliphatic rings. The summed E-state index contributed by atoms with van der Waals surface area (Å²) in [5.41, 5.74) is 3.92. The van der Waals surface area contributed by atoms with Crippen LogP contribution in [-0.2, 0) is 10.0 Å². The fraction of sp³-hybridized carbons (Fsp3) is 0.250. The van der Waals surface area contributed by atoms with Gasteiger partial charge >= 0.3 is 0 Å². The molecule has 144 valence electrons. The molecule has 0 saturated heterocycles. The van der Waals surface area contributed by atoms with Gasteiger partial charge in [-0.1, -0.05) is 6.07 Å². The molecule has 0 aliphatic carbocycles. The molecular formula is C20H20N4O3S. The van der Waals surface area contributed by atoms with Crippen molar-refractivity contribution >= 4 is 26.8 Å². The lowest BCUT2D eigenvalue weighted by molar-refractivity contribution is 0.340. The lowest BCUT2D eigenvalue weighted by Crippen LogP contribution is -2.25. The molecule has 0 radical (unpaired) electrons. The maximum absolute atomic E-state index is 12.4. The van der Waals surface area contributed by atoms with Crippen LogP contribution in [0.1, 0.15) is 30.5 Å². The van der Waals surface area contributed by atoms with Gasteiger partial charge in [-0.2, -0.15) is 9.52 Å². The molecule has 0 amide bonds. The highest BCUT2D eigenvalue weighted by Crippen LogP contribution is 2.35. The molecule has 0 N–H and O–H groups in total. The average molecular weight is 396 g/mol. The first kappa shape index (κ1) is 18.4. The van der Waals surface area contributed by atoms with Crippen molar-refractivity contribution in [3.8, 4) is 5.75 Å². The fourth-order valence-electron chi connectivity index (χ4n) is 3.31. The first-order valence-electron chi connectivity index (χ1n) is 8.96. The zero-order valence-electron chi connectivity index (χ0n) is 15.6. The van der Waals surface area contributed by atoms with Crippen molar-refractivity contribution in [2.24, 2.45) is 5.10 Å². The van der Waals surface area contributed by atoms with Crippen molar-refractivity contribution in [1.29, 1.82) is 0 Å². The van der Waals surface area contributed by atoms with Crippen molar-refractivity contribution in [1.82, 2.24) is 14.4 Å². The molecule has 1 aromatic heterocycles. The van der Waals surface area contributed by atoms with Crippen molar-refractivity contribution in [2.45, 2.75) is 19.4 Å². The number of hydrazone groups is 1. The van der Waals surface area contributed by atoms with E-state index in [-0.39, 0.29) is 0 Å². The Morgan fingerprint density at radius 1 is 1.07 bits per heavy atom. The van der Waals surface area contributed by atoms with E-state index >= 15 is 0 Å². The number of hydrogen-bond donors (Lipinski definition) is 0. The Labute approximate surface area is 163 Å². The van der Waals surface area contributed by atoms with Crippen LogP contribution in [0.5, 0.6) is 5.75 Å². The van der Waals surface area contributed by atoms with Gasteiger partial charge in [0, 0.05) is 18.8 Å². The summed E-state index contributed by atoms with van der Waals surface area (Å²) in [5.74, 6) is 0.773. The molecule has 0 bridgehead atoms. The third-order valence-corrected chi connectivity index (χ3v) is 5.60. The van der Waals surface area contributed by atoms with E-state index in [2.05, 4.69) is 15.1 Å². The van der Waals surface area contributed by atoms with Gasteiger partial charge in [-0.3, -0.25) is 9.97 Å².